The quantitative estimate of drug-likeness (QED) is 0.908. The first-order chi connectivity index (χ1) is 11.7. The number of hydrogen-bond donors (Lipinski definition) is 2. The van der Waals surface area contributed by atoms with E-state index in [1.165, 1.54) is 30.7 Å². The zero-order valence-corrected chi connectivity index (χ0v) is 13.9. The smallest absolute Gasteiger partial charge is 0.248 e. The van der Waals surface area contributed by atoms with Crippen molar-refractivity contribution in [3.05, 3.63) is 52.6 Å². The summed E-state index contributed by atoms with van der Waals surface area (Å²) in [6, 6.07) is 8.01. The molecule has 1 fully saturated rings. The highest BCUT2D eigenvalue weighted by molar-refractivity contribution is 5.92. The first-order valence-corrected chi connectivity index (χ1v) is 8.91. The molecule has 0 saturated carbocycles. The van der Waals surface area contributed by atoms with E-state index in [4.69, 9.17) is 10.7 Å². The van der Waals surface area contributed by atoms with Crippen LogP contribution < -0.4 is 5.73 Å². The van der Waals surface area contributed by atoms with E-state index in [-0.39, 0.29) is 5.91 Å². The molecular formula is C19H24N4O. The zero-order chi connectivity index (χ0) is 16.5. The Hall–Kier alpha value is -2.14. The van der Waals surface area contributed by atoms with Crippen molar-refractivity contribution in [2.24, 2.45) is 5.73 Å². The van der Waals surface area contributed by atoms with Gasteiger partial charge in [-0.05, 0) is 62.8 Å². The van der Waals surface area contributed by atoms with Crippen LogP contribution in [0.15, 0.2) is 24.3 Å². The van der Waals surface area contributed by atoms with Crippen molar-refractivity contribution in [2.75, 3.05) is 6.54 Å². The fourth-order valence-electron chi connectivity index (χ4n) is 4.02. The van der Waals surface area contributed by atoms with Crippen LogP contribution in [-0.4, -0.2) is 27.3 Å². The summed E-state index contributed by atoms with van der Waals surface area (Å²) >= 11 is 0. The van der Waals surface area contributed by atoms with E-state index in [0.717, 1.165) is 43.7 Å². The van der Waals surface area contributed by atoms with E-state index in [1.54, 1.807) is 6.07 Å². The average molecular weight is 324 g/mol. The number of primary amides is 1. The molecule has 2 aromatic rings. The average Bonchev–Trinajstić information content (AvgIpc) is 3.21. The molecule has 1 aromatic heterocycles. The van der Waals surface area contributed by atoms with Gasteiger partial charge in [0.25, 0.3) is 0 Å². The van der Waals surface area contributed by atoms with Crippen molar-refractivity contribution < 1.29 is 4.79 Å². The molecule has 0 spiro atoms. The van der Waals surface area contributed by atoms with Crippen LogP contribution in [0.25, 0.3) is 0 Å². The van der Waals surface area contributed by atoms with Gasteiger partial charge in [0.05, 0.1) is 11.7 Å². The van der Waals surface area contributed by atoms with Gasteiger partial charge in [0.2, 0.25) is 5.91 Å². The monoisotopic (exact) mass is 324 g/mol. The Morgan fingerprint density at radius 1 is 1.29 bits per heavy atom. The highest BCUT2D eigenvalue weighted by atomic mass is 16.1. The molecule has 5 nitrogen and oxygen atoms in total. The molecule has 2 heterocycles. The molecule has 2 aliphatic rings. The van der Waals surface area contributed by atoms with Crippen molar-refractivity contribution >= 4 is 5.91 Å². The standard InChI is InChI=1S/C19H24N4O/c20-18(24)14-6-3-5-13(11-14)12-23-10-4-9-17(23)19-21-15-7-1-2-8-16(15)22-19/h3,5-6,11,17H,1-2,4,7-10,12H2,(H2,20,24)(H,21,22)/t17-/m0/s1. The molecule has 5 heteroatoms. The Balaban J connectivity index is 1.53. The van der Waals surface area contributed by atoms with Gasteiger partial charge in [0.1, 0.15) is 5.82 Å². The fourth-order valence-corrected chi connectivity index (χ4v) is 4.02. The maximum absolute atomic E-state index is 11.4. The van der Waals surface area contributed by atoms with Gasteiger partial charge in [-0.25, -0.2) is 4.98 Å². The predicted octanol–water partition coefficient (Wildman–Crippen LogP) is 2.72. The molecule has 126 valence electrons. The Morgan fingerprint density at radius 3 is 3.00 bits per heavy atom. The SMILES string of the molecule is NC(=O)c1cccc(CN2CCC[C@H]2c2nc3c([nH]2)CCCC3)c1. The highest BCUT2D eigenvalue weighted by Crippen LogP contribution is 2.33. The minimum absolute atomic E-state index is 0.354. The van der Waals surface area contributed by atoms with Crippen molar-refractivity contribution in [2.45, 2.75) is 51.1 Å². The molecule has 1 amide bonds. The lowest BCUT2D eigenvalue weighted by atomic mass is 10.0. The van der Waals surface area contributed by atoms with Gasteiger partial charge < -0.3 is 10.7 Å². The van der Waals surface area contributed by atoms with Crippen molar-refractivity contribution in [1.29, 1.82) is 0 Å². The van der Waals surface area contributed by atoms with Gasteiger partial charge in [0, 0.05) is 17.8 Å². The van der Waals surface area contributed by atoms with Crippen LogP contribution in [0.2, 0.25) is 0 Å². The van der Waals surface area contributed by atoms with E-state index in [9.17, 15) is 4.79 Å². The maximum Gasteiger partial charge on any atom is 0.248 e. The Labute approximate surface area is 142 Å². The van der Waals surface area contributed by atoms with Crippen LogP contribution in [-0.2, 0) is 19.4 Å². The molecule has 4 rings (SSSR count). The van der Waals surface area contributed by atoms with Gasteiger partial charge in [0.15, 0.2) is 0 Å². The number of fused-ring (bicyclic) bond motifs is 1. The first-order valence-electron chi connectivity index (χ1n) is 8.91. The fraction of sp³-hybridized carbons (Fsp3) is 0.474. The summed E-state index contributed by atoms with van der Waals surface area (Å²) in [4.78, 5) is 22.3. The summed E-state index contributed by atoms with van der Waals surface area (Å²) in [5.74, 6) is 0.763. The van der Waals surface area contributed by atoms with Crippen LogP contribution in [0.5, 0.6) is 0 Å². The topological polar surface area (TPSA) is 75.0 Å². The number of nitrogens with zero attached hydrogens (tertiary/aromatic N) is 2. The third-order valence-electron chi connectivity index (χ3n) is 5.25. The summed E-state index contributed by atoms with van der Waals surface area (Å²) in [5, 5.41) is 0. The molecule has 1 atom stereocenters. The molecule has 0 radical (unpaired) electrons. The largest absolute Gasteiger partial charge is 0.366 e. The number of rotatable bonds is 4. The lowest BCUT2D eigenvalue weighted by Gasteiger charge is -2.23. The van der Waals surface area contributed by atoms with Crippen molar-refractivity contribution in [1.82, 2.24) is 14.9 Å². The van der Waals surface area contributed by atoms with E-state index in [1.807, 2.05) is 12.1 Å². The molecule has 1 aliphatic heterocycles. The van der Waals surface area contributed by atoms with Gasteiger partial charge in [-0.15, -0.1) is 0 Å². The molecule has 24 heavy (non-hydrogen) atoms. The number of amides is 1. The Kier molecular flexibility index (Phi) is 4.10. The number of nitrogens with one attached hydrogen (secondary N) is 1. The van der Waals surface area contributed by atoms with Gasteiger partial charge in [-0.1, -0.05) is 12.1 Å². The molecule has 1 aliphatic carbocycles. The number of aromatic amines is 1. The normalized spacial score (nSPS) is 20.9. The zero-order valence-electron chi connectivity index (χ0n) is 13.9. The van der Waals surface area contributed by atoms with E-state index in [0.29, 0.717) is 11.6 Å². The number of nitrogens with two attached hydrogens (primary N) is 1. The Morgan fingerprint density at radius 2 is 2.17 bits per heavy atom. The lowest BCUT2D eigenvalue weighted by Crippen LogP contribution is -2.24. The number of carbonyl (C=O) groups excluding carboxylic acids is 1. The number of likely N-dealkylation sites (tertiary alicyclic amines) is 1. The summed E-state index contributed by atoms with van der Waals surface area (Å²) in [6.45, 7) is 1.90. The number of aromatic nitrogens is 2. The molecule has 1 aromatic carbocycles. The van der Waals surface area contributed by atoms with Gasteiger partial charge >= 0.3 is 0 Å². The molecule has 1 saturated heterocycles. The highest BCUT2D eigenvalue weighted by Gasteiger charge is 2.29. The second-order valence-electron chi connectivity index (χ2n) is 6.95. The van der Waals surface area contributed by atoms with Crippen LogP contribution in [0.1, 0.15) is 64.9 Å². The third kappa shape index (κ3) is 2.96. The second-order valence-corrected chi connectivity index (χ2v) is 6.95. The van der Waals surface area contributed by atoms with Crippen LogP contribution in [0.3, 0.4) is 0 Å². The molecule has 0 unspecified atom stereocenters. The second kappa shape index (κ2) is 6.40. The van der Waals surface area contributed by atoms with Crippen LogP contribution >= 0.6 is 0 Å². The minimum atomic E-state index is -0.367. The summed E-state index contributed by atoms with van der Waals surface area (Å²) in [7, 11) is 0. The number of H-pyrrole nitrogens is 1. The van der Waals surface area contributed by atoms with E-state index in [2.05, 4.69) is 16.0 Å². The minimum Gasteiger partial charge on any atom is -0.366 e. The van der Waals surface area contributed by atoms with Crippen molar-refractivity contribution in [3.63, 3.8) is 0 Å². The Bertz CT molecular complexity index is 728. The number of benzene rings is 1. The third-order valence-corrected chi connectivity index (χ3v) is 5.25. The van der Waals surface area contributed by atoms with Crippen molar-refractivity contribution in [3.8, 4) is 0 Å². The number of hydrogen-bond acceptors (Lipinski definition) is 3. The van der Waals surface area contributed by atoms with Gasteiger partial charge in [-0.2, -0.15) is 0 Å². The summed E-state index contributed by atoms with van der Waals surface area (Å²) < 4.78 is 0. The maximum atomic E-state index is 11.4. The van der Waals surface area contributed by atoms with E-state index >= 15 is 0 Å². The summed E-state index contributed by atoms with van der Waals surface area (Å²) in [6.07, 6.45) is 7.09. The lowest BCUT2D eigenvalue weighted by molar-refractivity contribution is 0.1000. The molecule has 0 bridgehead atoms. The number of imidazole rings is 1. The van der Waals surface area contributed by atoms with E-state index < -0.39 is 0 Å². The number of aryl methyl sites for hydroxylation is 2. The molecular weight excluding hydrogens is 300 g/mol. The van der Waals surface area contributed by atoms with Gasteiger partial charge in [-0.3, -0.25) is 9.69 Å². The number of carbonyl (C=O) groups is 1. The summed E-state index contributed by atoms with van der Waals surface area (Å²) in [5.41, 5.74) is 9.73. The van der Waals surface area contributed by atoms with Crippen LogP contribution in [0.4, 0.5) is 0 Å². The molecule has 3 N–H and O–H groups in total. The first kappa shape index (κ1) is 15.4. The van der Waals surface area contributed by atoms with Crippen LogP contribution in [0, 0.1) is 0 Å². The predicted molar refractivity (Wildman–Crippen MR) is 92.6 cm³/mol.